The van der Waals surface area contributed by atoms with Crippen LogP contribution in [-0.2, 0) is 24.1 Å². The molecule has 0 aromatic carbocycles. The molecule has 0 radical (unpaired) electrons. The third kappa shape index (κ3) is 2.88. The highest BCUT2D eigenvalue weighted by molar-refractivity contribution is 5.82. The number of rotatable bonds is 4. The first-order chi connectivity index (χ1) is 13.7. The maximum Gasteiger partial charge on any atom is 0.219 e. The standard InChI is InChI=1S/C19H22N8O/c1-28-15-4-2-3-13-17(15)24-19(20)27-18(13)23-16(25-27)6-8-26-7-5-14-12(10-26)9-21-11-22-14/h2-4,9,11,13,17H,5-8,10H2,1H3,(H2,20,24). The zero-order chi connectivity index (χ0) is 19.1. The summed E-state index contributed by atoms with van der Waals surface area (Å²) in [5.74, 6) is 2.75. The van der Waals surface area contributed by atoms with Gasteiger partial charge < -0.3 is 10.5 Å². The molecule has 0 saturated heterocycles. The SMILES string of the molecule is COC1=CC=CC2c3nc(CCN4CCc5ncncc5C4)nn3C(N)=NC12. The number of methoxy groups -OCH3 is 1. The third-order valence-electron chi connectivity index (χ3n) is 5.50. The summed E-state index contributed by atoms with van der Waals surface area (Å²) in [7, 11) is 1.65. The van der Waals surface area contributed by atoms with E-state index in [1.165, 1.54) is 5.56 Å². The van der Waals surface area contributed by atoms with Crippen molar-refractivity contribution >= 4 is 5.96 Å². The van der Waals surface area contributed by atoms with E-state index in [4.69, 9.17) is 15.5 Å². The first-order valence-corrected chi connectivity index (χ1v) is 9.45. The second kappa shape index (κ2) is 6.83. The van der Waals surface area contributed by atoms with Crippen LogP contribution in [0.2, 0.25) is 0 Å². The van der Waals surface area contributed by atoms with Gasteiger partial charge in [0, 0.05) is 49.9 Å². The summed E-state index contributed by atoms with van der Waals surface area (Å²) in [4.78, 5) is 20.3. The number of hydrogen-bond acceptors (Lipinski definition) is 8. The number of nitrogens with zero attached hydrogens (tertiary/aromatic N) is 7. The van der Waals surface area contributed by atoms with Gasteiger partial charge >= 0.3 is 0 Å². The van der Waals surface area contributed by atoms with Crippen LogP contribution in [0.25, 0.3) is 0 Å². The van der Waals surface area contributed by atoms with E-state index in [0.29, 0.717) is 5.96 Å². The van der Waals surface area contributed by atoms with Crippen LogP contribution in [0, 0.1) is 0 Å². The fourth-order valence-corrected chi connectivity index (χ4v) is 4.04. The fraction of sp³-hybridized carbons (Fsp3) is 0.421. The molecule has 0 saturated carbocycles. The number of aromatic nitrogens is 5. The van der Waals surface area contributed by atoms with Crippen LogP contribution in [0.1, 0.15) is 28.8 Å². The molecule has 0 amide bonds. The van der Waals surface area contributed by atoms with Crippen LogP contribution in [0.5, 0.6) is 0 Å². The molecular formula is C19H22N8O. The lowest BCUT2D eigenvalue weighted by Crippen LogP contribution is -2.37. The summed E-state index contributed by atoms with van der Waals surface area (Å²) in [6.45, 7) is 2.72. The molecule has 144 valence electrons. The summed E-state index contributed by atoms with van der Waals surface area (Å²) in [5.41, 5.74) is 8.52. The molecule has 9 nitrogen and oxygen atoms in total. The number of fused-ring (bicyclic) bond motifs is 4. The van der Waals surface area contributed by atoms with Crippen LogP contribution in [-0.4, -0.2) is 61.8 Å². The lowest BCUT2D eigenvalue weighted by Gasteiger charge is -2.28. The van der Waals surface area contributed by atoms with Gasteiger partial charge in [-0.15, -0.1) is 5.10 Å². The number of nitrogens with two attached hydrogens (primary N) is 1. The molecule has 0 fully saturated rings. The van der Waals surface area contributed by atoms with E-state index in [1.807, 2.05) is 18.3 Å². The van der Waals surface area contributed by atoms with Crippen LogP contribution < -0.4 is 5.73 Å². The summed E-state index contributed by atoms with van der Waals surface area (Å²) < 4.78 is 7.12. The van der Waals surface area contributed by atoms with Gasteiger partial charge in [-0.05, 0) is 6.08 Å². The monoisotopic (exact) mass is 378 g/mol. The Balaban J connectivity index is 1.31. The molecule has 1 aliphatic carbocycles. The molecular weight excluding hydrogens is 356 g/mol. The van der Waals surface area contributed by atoms with Crippen LogP contribution in [0.15, 0.2) is 41.5 Å². The minimum Gasteiger partial charge on any atom is -0.499 e. The molecule has 2 atom stereocenters. The van der Waals surface area contributed by atoms with Gasteiger partial charge in [0.15, 0.2) is 5.82 Å². The van der Waals surface area contributed by atoms with Crippen molar-refractivity contribution in [2.45, 2.75) is 31.3 Å². The Morgan fingerprint density at radius 2 is 2.29 bits per heavy atom. The van der Waals surface area contributed by atoms with Crippen molar-refractivity contribution in [1.29, 1.82) is 0 Å². The number of ether oxygens (including phenoxy) is 1. The molecule has 0 bridgehead atoms. The largest absolute Gasteiger partial charge is 0.499 e. The zero-order valence-electron chi connectivity index (χ0n) is 15.7. The van der Waals surface area contributed by atoms with Crippen LogP contribution in [0.3, 0.4) is 0 Å². The average Bonchev–Trinajstić information content (AvgIpc) is 3.17. The molecule has 2 aliphatic heterocycles. The van der Waals surface area contributed by atoms with Crippen molar-refractivity contribution in [3.05, 3.63) is 59.4 Å². The van der Waals surface area contributed by atoms with Gasteiger partial charge in [0.2, 0.25) is 5.96 Å². The van der Waals surface area contributed by atoms with Crippen molar-refractivity contribution in [3.63, 3.8) is 0 Å². The minimum absolute atomic E-state index is 0.00693. The van der Waals surface area contributed by atoms with Gasteiger partial charge in [0.05, 0.1) is 13.0 Å². The molecule has 5 rings (SSSR count). The van der Waals surface area contributed by atoms with E-state index in [1.54, 1.807) is 18.1 Å². The first kappa shape index (κ1) is 17.1. The Kier molecular flexibility index (Phi) is 4.16. The highest BCUT2D eigenvalue weighted by Gasteiger charge is 2.36. The normalized spacial score (nSPS) is 23.3. The molecule has 2 unspecified atom stereocenters. The zero-order valence-corrected chi connectivity index (χ0v) is 15.7. The highest BCUT2D eigenvalue weighted by atomic mass is 16.5. The van der Waals surface area contributed by atoms with E-state index >= 15 is 0 Å². The van der Waals surface area contributed by atoms with Crippen LogP contribution >= 0.6 is 0 Å². The van der Waals surface area contributed by atoms with Gasteiger partial charge in [-0.3, -0.25) is 4.90 Å². The lowest BCUT2D eigenvalue weighted by molar-refractivity contribution is 0.253. The Hall–Kier alpha value is -3.07. The van der Waals surface area contributed by atoms with E-state index in [2.05, 4.69) is 31.0 Å². The van der Waals surface area contributed by atoms with E-state index in [9.17, 15) is 0 Å². The fourth-order valence-electron chi connectivity index (χ4n) is 4.04. The predicted octanol–water partition coefficient (Wildman–Crippen LogP) is 0.398. The molecule has 2 aromatic rings. The smallest absolute Gasteiger partial charge is 0.219 e. The third-order valence-corrected chi connectivity index (χ3v) is 5.50. The number of hydrogen-bond donors (Lipinski definition) is 1. The van der Waals surface area contributed by atoms with Gasteiger partial charge in [-0.25, -0.2) is 19.9 Å². The van der Waals surface area contributed by atoms with Gasteiger partial charge in [-0.2, -0.15) is 4.68 Å². The van der Waals surface area contributed by atoms with Gasteiger partial charge in [0.25, 0.3) is 0 Å². The maximum absolute atomic E-state index is 6.15. The van der Waals surface area contributed by atoms with Crippen molar-refractivity contribution in [2.75, 3.05) is 20.2 Å². The highest BCUT2D eigenvalue weighted by Crippen LogP contribution is 2.33. The van der Waals surface area contributed by atoms with Crippen molar-refractivity contribution in [3.8, 4) is 0 Å². The Labute approximate surface area is 162 Å². The van der Waals surface area contributed by atoms with E-state index in [0.717, 1.165) is 55.6 Å². The van der Waals surface area contributed by atoms with Crippen molar-refractivity contribution < 1.29 is 4.74 Å². The molecule has 4 heterocycles. The molecule has 2 aromatic heterocycles. The summed E-state index contributed by atoms with van der Waals surface area (Å²) >= 11 is 0. The quantitative estimate of drug-likeness (QED) is 0.820. The Morgan fingerprint density at radius 3 is 3.18 bits per heavy atom. The van der Waals surface area contributed by atoms with Crippen molar-refractivity contribution in [1.82, 2.24) is 29.6 Å². The van der Waals surface area contributed by atoms with E-state index < -0.39 is 0 Å². The minimum atomic E-state index is -0.168. The van der Waals surface area contributed by atoms with Crippen LogP contribution in [0.4, 0.5) is 0 Å². The molecule has 3 aliphatic rings. The molecule has 2 N–H and O–H groups in total. The Morgan fingerprint density at radius 1 is 1.36 bits per heavy atom. The lowest BCUT2D eigenvalue weighted by atomic mass is 9.92. The van der Waals surface area contributed by atoms with Gasteiger partial charge in [0.1, 0.15) is 24.0 Å². The summed E-state index contributed by atoms with van der Waals surface area (Å²) in [6.07, 6.45) is 11.2. The molecule has 0 spiro atoms. The molecule has 9 heteroatoms. The molecule has 28 heavy (non-hydrogen) atoms. The number of allylic oxidation sites excluding steroid dienone is 2. The van der Waals surface area contributed by atoms with Gasteiger partial charge in [-0.1, -0.05) is 12.2 Å². The van der Waals surface area contributed by atoms with E-state index in [-0.39, 0.29) is 12.0 Å². The second-order valence-electron chi connectivity index (χ2n) is 7.18. The summed E-state index contributed by atoms with van der Waals surface area (Å²) in [5, 5.41) is 4.61. The second-order valence-corrected chi connectivity index (χ2v) is 7.18. The Bertz CT molecular complexity index is 992. The number of aliphatic imine (C=N–C) groups is 1. The first-order valence-electron chi connectivity index (χ1n) is 9.45. The predicted molar refractivity (Wildman–Crippen MR) is 103 cm³/mol. The van der Waals surface area contributed by atoms with Crippen molar-refractivity contribution in [2.24, 2.45) is 10.7 Å². The average molecular weight is 378 g/mol. The summed E-state index contributed by atoms with van der Waals surface area (Å²) in [6, 6.07) is -0.168. The topological polar surface area (TPSA) is 107 Å². The maximum atomic E-state index is 6.15.